The summed E-state index contributed by atoms with van der Waals surface area (Å²) < 4.78 is 1.78. The highest BCUT2D eigenvalue weighted by molar-refractivity contribution is 5.82. The Morgan fingerprint density at radius 1 is 1.50 bits per heavy atom. The van der Waals surface area contributed by atoms with Crippen molar-refractivity contribution in [1.82, 2.24) is 25.0 Å². The summed E-state index contributed by atoms with van der Waals surface area (Å²) in [6.07, 6.45) is 4.38. The molecule has 1 aromatic rings. The van der Waals surface area contributed by atoms with Gasteiger partial charge in [-0.3, -0.25) is 0 Å². The first-order valence-electron chi connectivity index (χ1n) is 6.69. The molecule has 8 nitrogen and oxygen atoms in total. The van der Waals surface area contributed by atoms with Crippen LogP contribution in [0.5, 0.6) is 0 Å². The van der Waals surface area contributed by atoms with Gasteiger partial charge in [0.25, 0.3) is 0 Å². The van der Waals surface area contributed by atoms with E-state index in [9.17, 15) is 9.59 Å². The Morgan fingerprint density at radius 3 is 2.95 bits per heavy atom. The van der Waals surface area contributed by atoms with E-state index in [0.717, 1.165) is 18.7 Å². The van der Waals surface area contributed by atoms with Gasteiger partial charge in [-0.25, -0.2) is 9.59 Å². The Kier molecular flexibility index (Phi) is 4.54. The van der Waals surface area contributed by atoms with Crippen LogP contribution >= 0.6 is 0 Å². The Balaban J connectivity index is 1.84. The number of aromatic nitrogens is 3. The van der Waals surface area contributed by atoms with Crippen molar-refractivity contribution in [3.05, 3.63) is 12.2 Å². The fourth-order valence-electron chi connectivity index (χ4n) is 2.35. The van der Waals surface area contributed by atoms with Crippen LogP contribution in [-0.4, -0.2) is 55.9 Å². The number of nitrogens with zero attached hydrogens (tertiary/aromatic N) is 4. The Labute approximate surface area is 116 Å². The number of carboxylic acids is 1. The first-order chi connectivity index (χ1) is 9.59. The van der Waals surface area contributed by atoms with Crippen molar-refractivity contribution < 1.29 is 14.7 Å². The zero-order chi connectivity index (χ0) is 14.5. The molecule has 1 aliphatic heterocycles. The highest BCUT2D eigenvalue weighted by atomic mass is 16.4. The average Bonchev–Trinajstić information content (AvgIpc) is 2.84. The van der Waals surface area contributed by atoms with Crippen molar-refractivity contribution in [3.8, 4) is 0 Å². The smallest absolute Gasteiger partial charge is 0.326 e. The second-order valence-electron chi connectivity index (χ2n) is 4.88. The highest BCUT2D eigenvalue weighted by Crippen LogP contribution is 2.17. The van der Waals surface area contributed by atoms with Gasteiger partial charge in [0.2, 0.25) is 0 Å². The first kappa shape index (κ1) is 14.3. The van der Waals surface area contributed by atoms with Gasteiger partial charge in [-0.2, -0.15) is 0 Å². The molecule has 20 heavy (non-hydrogen) atoms. The molecule has 0 spiro atoms. The third-order valence-electron chi connectivity index (χ3n) is 3.48. The van der Waals surface area contributed by atoms with E-state index >= 15 is 0 Å². The maximum Gasteiger partial charge on any atom is 0.326 e. The molecule has 2 heterocycles. The molecule has 1 unspecified atom stereocenters. The molecule has 1 fully saturated rings. The molecule has 1 saturated heterocycles. The van der Waals surface area contributed by atoms with E-state index in [0.29, 0.717) is 25.9 Å². The Hall–Kier alpha value is -2.12. The SMILES string of the molecule is Cn1cnnc1CCNC(=O)N1CCCCC1C(=O)O. The lowest BCUT2D eigenvalue weighted by molar-refractivity contribution is -0.143. The molecular weight excluding hydrogens is 262 g/mol. The molecule has 8 heteroatoms. The number of hydrogen-bond donors (Lipinski definition) is 2. The van der Waals surface area contributed by atoms with Gasteiger partial charge in [-0.1, -0.05) is 0 Å². The summed E-state index contributed by atoms with van der Waals surface area (Å²) >= 11 is 0. The molecule has 1 aliphatic rings. The molecule has 1 atom stereocenters. The van der Waals surface area contributed by atoms with Gasteiger partial charge in [0, 0.05) is 26.6 Å². The van der Waals surface area contributed by atoms with Crippen molar-refractivity contribution in [1.29, 1.82) is 0 Å². The van der Waals surface area contributed by atoms with Crippen LogP contribution in [0.3, 0.4) is 0 Å². The summed E-state index contributed by atoms with van der Waals surface area (Å²) in [6, 6.07) is -1.03. The molecule has 110 valence electrons. The normalized spacial score (nSPS) is 18.9. The zero-order valence-electron chi connectivity index (χ0n) is 11.4. The van der Waals surface area contributed by atoms with Gasteiger partial charge in [0.05, 0.1) is 0 Å². The minimum atomic E-state index is -0.937. The molecule has 2 N–H and O–H groups in total. The molecule has 1 aromatic heterocycles. The number of nitrogens with one attached hydrogen (secondary N) is 1. The van der Waals surface area contributed by atoms with Crippen LogP contribution in [0.15, 0.2) is 6.33 Å². The van der Waals surface area contributed by atoms with E-state index in [-0.39, 0.29) is 6.03 Å². The number of urea groups is 1. The average molecular weight is 281 g/mol. The number of amides is 2. The van der Waals surface area contributed by atoms with Crippen molar-refractivity contribution >= 4 is 12.0 Å². The molecule has 2 amide bonds. The predicted molar refractivity (Wildman–Crippen MR) is 70.1 cm³/mol. The van der Waals surface area contributed by atoms with E-state index in [1.165, 1.54) is 4.90 Å². The lowest BCUT2D eigenvalue weighted by Gasteiger charge is -2.32. The van der Waals surface area contributed by atoms with Crippen LogP contribution in [0, 0.1) is 0 Å². The highest BCUT2D eigenvalue weighted by Gasteiger charge is 2.31. The van der Waals surface area contributed by atoms with Crippen molar-refractivity contribution in [3.63, 3.8) is 0 Å². The predicted octanol–water partition coefficient (Wildman–Crippen LogP) is 0.00630. The van der Waals surface area contributed by atoms with Crippen LogP contribution in [0.4, 0.5) is 4.79 Å². The first-order valence-corrected chi connectivity index (χ1v) is 6.69. The number of hydrogen-bond acceptors (Lipinski definition) is 4. The van der Waals surface area contributed by atoms with Gasteiger partial charge in [0.15, 0.2) is 0 Å². The van der Waals surface area contributed by atoms with Crippen LogP contribution in [-0.2, 0) is 18.3 Å². The van der Waals surface area contributed by atoms with E-state index in [2.05, 4.69) is 15.5 Å². The summed E-state index contributed by atoms with van der Waals surface area (Å²) in [5, 5.41) is 19.6. The largest absolute Gasteiger partial charge is 0.480 e. The number of carboxylic acid groups (broad SMARTS) is 1. The summed E-state index contributed by atoms with van der Waals surface area (Å²) in [4.78, 5) is 24.6. The maximum atomic E-state index is 12.0. The minimum Gasteiger partial charge on any atom is -0.480 e. The van der Waals surface area contributed by atoms with E-state index in [4.69, 9.17) is 5.11 Å². The van der Waals surface area contributed by atoms with E-state index in [1.807, 2.05) is 7.05 Å². The third kappa shape index (κ3) is 3.25. The number of carbonyl (C=O) groups excluding carboxylic acids is 1. The second kappa shape index (κ2) is 6.36. The number of carbonyl (C=O) groups is 2. The Morgan fingerprint density at radius 2 is 2.30 bits per heavy atom. The summed E-state index contributed by atoms with van der Waals surface area (Å²) in [7, 11) is 1.84. The molecule has 2 rings (SSSR count). The third-order valence-corrected chi connectivity index (χ3v) is 3.48. The maximum absolute atomic E-state index is 12.0. The lowest BCUT2D eigenvalue weighted by atomic mass is 10.0. The Bertz CT molecular complexity index is 487. The summed E-state index contributed by atoms with van der Waals surface area (Å²) in [6.45, 7) is 0.904. The summed E-state index contributed by atoms with van der Waals surface area (Å²) in [5.74, 6) is -0.160. The number of likely N-dealkylation sites (tertiary alicyclic amines) is 1. The molecule has 0 saturated carbocycles. The molecule has 0 bridgehead atoms. The molecule has 0 aliphatic carbocycles. The van der Waals surface area contributed by atoms with Crippen molar-refractivity contribution in [2.24, 2.45) is 7.05 Å². The van der Waals surface area contributed by atoms with Gasteiger partial charge in [-0.15, -0.1) is 10.2 Å². The van der Waals surface area contributed by atoms with E-state index in [1.54, 1.807) is 10.9 Å². The van der Waals surface area contributed by atoms with Crippen molar-refractivity contribution in [2.75, 3.05) is 13.1 Å². The van der Waals surface area contributed by atoms with Crippen LogP contribution < -0.4 is 5.32 Å². The molecule has 0 radical (unpaired) electrons. The fraction of sp³-hybridized carbons (Fsp3) is 0.667. The number of piperidine rings is 1. The monoisotopic (exact) mass is 281 g/mol. The van der Waals surface area contributed by atoms with Gasteiger partial charge in [0.1, 0.15) is 18.2 Å². The van der Waals surface area contributed by atoms with Crippen LogP contribution in [0.1, 0.15) is 25.1 Å². The van der Waals surface area contributed by atoms with Crippen molar-refractivity contribution in [2.45, 2.75) is 31.7 Å². The molecular formula is C12H19N5O3. The quantitative estimate of drug-likeness (QED) is 0.809. The van der Waals surface area contributed by atoms with Gasteiger partial charge >= 0.3 is 12.0 Å². The second-order valence-corrected chi connectivity index (χ2v) is 4.88. The molecule has 0 aromatic carbocycles. The summed E-state index contributed by atoms with van der Waals surface area (Å²) in [5.41, 5.74) is 0. The van der Waals surface area contributed by atoms with Crippen LogP contribution in [0.25, 0.3) is 0 Å². The lowest BCUT2D eigenvalue weighted by Crippen LogP contribution is -2.52. The number of aliphatic carboxylic acids is 1. The zero-order valence-corrected chi connectivity index (χ0v) is 11.4. The van der Waals surface area contributed by atoms with Gasteiger partial charge in [-0.05, 0) is 19.3 Å². The number of rotatable bonds is 4. The topological polar surface area (TPSA) is 100 Å². The van der Waals surface area contributed by atoms with Gasteiger partial charge < -0.3 is 19.9 Å². The standard InChI is InChI=1S/C12H19N5O3/c1-16-8-14-15-10(16)5-6-13-12(20)17-7-3-2-4-9(17)11(18)19/h8-9H,2-7H2,1H3,(H,13,20)(H,18,19). The van der Waals surface area contributed by atoms with E-state index < -0.39 is 12.0 Å². The number of aryl methyl sites for hydroxylation is 1. The fourth-order valence-corrected chi connectivity index (χ4v) is 2.35. The minimum absolute atomic E-state index is 0.320. The van der Waals surface area contributed by atoms with Crippen LogP contribution in [0.2, 0.25) is 0 Å².